The maximum Gasteiger partial charge on any atom is 0.223 e. The van der Waals surface area contributed by atoms with Crippen LogP contribution in [0.4, 0.5) is 0 Å². The second-order valence-corrected chi connectivity index (χ2v) is 5.60. The third-order valence-electron chi connectivity index (χ3n) is 4.18. The van der Waals surface area contributed by atoms with Gasteiger partial charge in [0.2, 0.25) is 5.91 Å². The second kappa shape index (κ2) is 5.59. The third-order valence-corrected chi connectivity index (χ3v) is 4.18. The van der Waals surface area contributed by atoms with E-state index >= 15 is 0 Å². The number of carbonyl (C=O) groups is 1. The summed E-state index contributed by atoms with van der Waals surface area (Å²) in [5.41, 5.74) is 2.61. The minimum Gasteiger partial charge on any atom is -0.356 e. The average molecular weight is 259 g/mol. The summed E-state index contributed by atoms with van der Waals surface area (Å²) >= 11 is 0. The molecule has 2 aliphatic rings. The molecule has 2 N–H and O–H groups in total. The lowest BCUT2D eigenvalue weighted by atomic mass is 9.97. The Kier molecular flexibility index (Phi) is 3.67. The Hall–Kier alpha value is -1.58. The predicted octanol–water partition coefficient (Wildman–Crippen LogP) is 2.52. The molecule has 1 amide bonds. The van der Waals surface area contributed by atoms with Crippen LogP contribution in [-0.2, 0) is 4.79 Å². The van der Waals surface area contributed by atoms with Gasteiger partial charge < -0.3 is 10.3 Å². The van der Waals surface area contributed by atoms with Gasteiger partial charge >= 0.3 is 0 Å². The number of aromatic amines is 1. The summed E-state index contributed by atoms with van der Waals surface area (Å²) in [5, 5.41) is 3.07. The van der Waals surface area contributed by atoms with Crippen LogP contribution < -0.4 is 5.32 Å². The van der Waals surface area contributed by atoms with Gasteiger partial charge in [-0.1, -0.05) is 11.6 Å². The van der Waals surface area contributed by atoms with E-state index in [9.17, 15) is 4.79 Å². The molecule has 0 aromatic carbocycles. The van der Waals surface area contributed by atoms with E-state index in [0.717, 1.165) is 25.1 Å². The van der Waals surface area contributed by atoms with Crippen molar-refractivity contribution in [2.75, 3.05) is 6.54 Å². The molecule has 0 saturated heterocycles. The quantitative estimate of drug-likeness (QED) is 0.798. The normalized spacial score (nSPS) is 25.8. The van der Waals surface area contributed by atoms with Crippen molar-refractivity contribution in [1.82, 2.24) is 15.3 Å². The molecule has 102 valence electrons. The molecule has 2 aliphatic carbocycles. The molecule has 4 nitrogen and oxygen atoms in total. The molecule has 0 unspecified atom stereocenters. The highest BCUT2D eigenvalue weighted by Crippen LogP contribution is 2.46. The maximum atomic E-state index is 12.0. The average Bonchev–Trinajstić information content (AvgIpc) is 3.06. The van der Waals surface area contributed by atoms with Crippen LogP contribution in [0.5, 0.6) is 0 Å². The van der Waals surface area contributed by atoms with E-state index in [1.807, 2.05) is 6.20 Å². The summed E-state index contributed by atoms with van der Waals surface area (Å²) < 4.78 is 0. The summed E-state index contributed by atoms with van der Waals surface area (Å²) in [6.07, 6.45) is 12.9. The number of hydrogen-bond donors (Lipinski definition) is 2. The van der Waals surface area contributed by atoms with Crippen molar-refractivity contribution >= 4 is 5.91 Å². The van der Waals surface area contributed by atoms with Gasteiger partial charge in [0.1, 0.15) is 0 Å². The van der Waals surface area contributed by atoms with Gasteiger partial charge in [0, 0.05) is 30.3 Å². The number of nitrogens with one attached hydrogen (secondary N) is 2. The molecular weight excluding hydrogens is 238 g/mol. The van der Waals surface area contributed by atoms with Crippen LogP contribution in [0.3, 0.4) is 0 Å². The minimum absolute atomic E-state index is 0.154. The van der Waals surface area contributed by atoms with Crippen LogP contribution in [0, 0.1) is 5.92 Å². The van der Waals surface area contributed by atoms with Gasteiger partial charge in [0.15, 0.2) is 0 Å². The van der Waals surface area contributed by atoms with Gasteiger partial charge in [-0.25, -0.2) is 4.98 Å². The van der Waals surface area contributed by atoms with Crippen LogP contribution in [0.1, 0.15) is 50.1 Å². The van der Waals surface area contributed by atoms with Gasteiger partial charge in [-0.15, -0.1) is 0 Å². The molecule has 0 spiro atoms. The Morgan fingerprint density at radius 1 is 1.47 bits per heavy atom. The van der Waals surface area contributed by atoms with Crippen LogP contribution in [0.25, 0.3) is 0 Å². The van der Waals surface area contributed by atoms with Crippen molar-refractivity contribution in [1.29, 1.82) is 0 Å². The minimum atomic E-state index is 0.154. The van der Waals surface area contributed by atoms with Gasteiger partial charge in [0.05, 0.1) is 6.33 Å². The summed E-state index contributed by atoms with van der Waals surface area (Å²) in [5.74, 6) is 0.716. The van der Waals surface area contributed by atoms with E-state index in [1.54, 1.807) is 6.33 Å². The first-order valence-electron chi connectivity index (χ1n) is 7.28. The first-order valence-corrected chi connectivity index (χ1v) is 7.28. The molecule has 1 aromatic heterocycles. The van der Waals surface area contributed by atoms with Crippen molar-refractivity contribution in [2.24, 2.45) is 5.92 Å². The SMILES string of the molecule is O=C(NCCC1=CCCCC1)[C@@H]1C[C@H]1c1cnc[nH]1. The first-order chi connectivity index (χ1) is 9.34. The van der Waals surface area contributed by atoms with Crippen molar-refractivity contribution in [3.05, 3.63) is 29.9 Å². The lowest BCUT2D eigenvalue weighted by molar-refractivity contribution is -0.122. The van der Waals surface area contributed by atoms with E-state index in [1.165, 1.54) is 31.3 Å². The standard InChI is InChI=1S/C15H21N3O/c19-15(13-8-12(13)14-9-16-10-18-14)17-7-6-11-4-2-1-3-5-11/h4,9-10,12-13H,1-3,5-8H2,(H,16,18)(H,17,19)/t12-,13-/m1/s1. The number of amides is 1. The van der Waals surface area contributed by atoms with Gasteiger partial charge in [-0.3, -0.25) is 4.79 Å². The lowest BCUT2D eigenvalue weighted by Crippen LogP contribution is -2.26. The van der Waals surface area contributed by atoms with Crippen LogP contribution in [0.2, 0.25) is 0 Å². The molecule has 0 bridgehead atoms. The van der Waals surface area contributed by atoms with Crippen LogP contribution >= 0.6 is 0 Å². The predicted molar refractivity (Wildman–Crippen MR) is 73.6 cm³/mol. The lowest BCUT2D eigenvalue weighted by Gasteiger charge is -2.12. The number of rotatable bonds is 5. The Bertz CT molecular complexity index is 464. The Morgan fingerprint density at radius 2 is 2.42 bits per heavy atom. The molecule has 1 saturated carbocycles. The van der Waals surface area contributed by atoms with E-state index in [0.29, 0.717) is 5.92 Å². The zero-order chi connectivity index (χ0) is 13.1. The third kappa shape index (κ3) is 3.06. The Balaban J connectivity index is 1.39. The smallest absolute Gasteiger partial charge is 0.223 e. The number of carbonyl (C=O) groups excluding carboxylic acids is 1. The number of H-pyrrole nitrogens is 1. The van der Waals surface area contributed by atoms with Crippen molar-refractivity contribution < 1.29 is 4.79 Å². The molecule has 19 heavy (non-hydrogen) atoms. The summed E-state index contributed by atoms with van der Waals surface area (Å²) in [7, 11) is 0. The molecule has 0 radical (unpaired) electrons. The zero-order valence-electron chi connectivity index (χ0n) is 11.2. The van der Waals surface area contributed by atoms with Crippen LogP contribution in [-0.4, -0.2) is 22.4 Å². The van der Waals surface area contributed by atoms with Crippen LogP contribution in [0.15, 0.2) is 24.2 Å². The molecule has 2 atom stereocenters. The van der Waals surface area contributed by atoms with Gasteiger partial charge in [-0.05, 0) is 38.5 Å². The van der Waals surface area contributed by atoms with Crippen molar-refractivity contribution in [2.45, 2.75) is 44.4 Å². The fraction of sp³-hybridized carbons (Fsp3) is 0.600. The Morgan fingerprint density at radius 3 is 3.16 bits per heavy atom. The molecule has 4 heteroatoms. The highest BCUT2D eigenvalue weighted by Gasteiger charge is 2.44. The van der Waals surface area contributed by atoms with E-state index in [2.05, 4.69) is 21.4 Å². The molecular formula is C15H21N3O. The topological polar surface area (TPSA) is 57.8 Å². The summed E-state index contributed by atoms with van der Waals surface area (Å²) in [6, 6.07) is 0. The molecule has 1 heterocycles. The maximum absolute atomic E-state index is 12.0. The van der Waals surface area contributed by atoms with Gasteiger partial charge in [0.25, 0.3) is 0 Å². The molecule has 1 fully saturated rings. The monoisotopic (exact) mass is 259 g/mol. The van der Waals surface area contributed by atoms with Crippen molar-refractivity contribution in [3.63, 3.8) is 0 Å². The van der Waals surface area contributed by atoms with E-state index < -0.39 is 0 Å². The molecule has 3 rings (SSSR count). The van der Waals surface area contributed by atoms with E-state index in [4.69, 9.17) is 0 Å². The highest BCUT2D eigenvalue weighted by molar-refractivity contribution is 5.82. The zero-order valence-corrected chi connectivity index (χ0v) is 11.2. The number of nitrogens with zero attached hydrogens (tertiary/aromatic N) is 1. The number of aromatic nitrogens is 2. The molecule has 0 aliphatic heterocycles. The van der Waals surface area contributed by atoms with Crippen molar-refractivity contribution in [3.8, 4) is 0 Å². The number of imidazole rings is 1. The first kappa shape index (κ1) is 12.5. The largest absolute Gasteiger partial charge is 0.356 e. The van der Waals surface area contributed by atoms with E-state index in [-0.39, 0.29) is 11.8 Å². The Labute approximate surface area is 113 Å². The van der Waals surface area contributed by atoms with Gasteiger partial charge in [-0.2, -0.15) is 0 Å². The fourth-order valence-electron chi connectivity index (χ4n) is 2.91. The number of hydrogen-bond acceptors (Lipinski definition) is 2. The highest BCUT2D eigenvalue weighted by atomic mass is 16.2. The number of allylic oxidation sites excluding steroid dienone is 1. The summed E-state index contributed by atoms with van der Waals surface area (Å²) in [4.78, 5) is 19.1. The fourth-order valence-corrected chi connectivity index (χ4v) is 2.91. The summed E-state index contributed by atoms with van der Waals surface area (Å²) in [6.45, 7) is 0.789. The second-order valence-electron chi connectivity index (χ2n) is 5.60. The molecule has 1 aromatic rings.